The van der Waals surface area contributed by atoms with Crippen LogP contribution in [0.5, 0.6) is 0 Å². The van der Waals surface area contributed by atoms with E-state index in [4.69, 9.17) is 0 Å². The average Bonchev–Trinajstić information content (AvgIpc) is 3.22. The fourth-order valence-electron chi connectivity index (χ4n) is 3.28. The lowest BCUT2D eigenvalue weighted by Crippen LogP contribution is -2.00. The van der Waals surface area contributed by atoms with Gasteiger partial charge in [0, 0.05) is 17.1 Å². The molecule has 146 valence electrons. The Kier molecular flexibility index (Phi) is 4.98. The molecule has 0 saturated carbocycles. The number of halogens is 1. The molecule has 0 aliphatic carbocycles. The van der Waals surface area contributed by atoms with Crippen LogP contribution in [0, 0.1) is 19.7 Å². The number of para-hydroxylation sites is 2. The van der Waals surface area contributed by atoms with Crippen LogP contribution in [0.1, 0.15) is 17.0 Å². The zero-order chi connectivity index (χ0) is 20.5. The number of aromatic amines is 1. The van der Waals surface area contributed by atoms with Crippen LogP contribution in [0.4, 0.5) is 4.39 Å². The van der Waals surface area contributed by atoms with Gasteiger partial charge in [0.05, 0.1) is 11.0 Å². The van der Waals surface area contributed by atoms with Gasteiger partial charge in [0.25, 0.3) is 0 Å². The van der Waals surface area contributed by atoms with Crippen molar-refractivity contribution < 1.29 is 14.3 Å². The molecule has 0 fully saturated rings. The highest BCUT2D eigenvalue weighted by atomic mass is 32.2. The molecule has 0 aliphatic rings. The summed E-state index contributed by atoms with van der Waals surface area (Å²) in [5, 5.41) is 10.2. The number of aryl methyl sites for hydroxylation is 1. The number of rotatable bonds is 5. The minimum atomic E-state index is -1.03. The molecule has 2 aromatic carbocycles. The number of thioether (sulfide) groups is 1. The van der Waals surface area contributed by atoms with Crippen LogP contribution in [0.15, 0.2) is 64.7 Å². The van der Waals surface area contributed by atoms with Crippen LogP contribution in [-0.2, 0) is 4.79 Å². The van der Waals surface area contributed by atoms with E-state index in [-0.39, 0.29) is 10.7 Å². The van der Waals surface area contributed by atoms with Crippen molar-refractivity contribution in [1.29, 1.82) is 0 Å². The second-order valence-corrected chi connectivity index (χ2v) is 7.64. The normalized spacial score (nSPS) is 11.9. The Morgan fingerprint density at radius 1 is 1.17 bits per heavy atom. The predicted octanol–water partition coefficient (Wildman–Crippen LogP) is 5.33. The molecule has 4 rings (SSSR count). The Morgan fingerprint density at radius 2 is 1.90 bits per heavy atom. The van der Waals surface area contributed by atoms with Gasteiger partial charge < -0.3 is 14.7 Å². The van der Waals surface area contributed by atoms with Crippen LogP contribution in [0.2, 0.25) is 0 Å². The zero-order valence-corrected chi connectivity index (χ0v) is 16.6. The number of fused-ring (bicyclic) bond motifs is 1. The summed E-state index contributed by atoms with van der Waals surface area (Å²) in [6.45, 7) is 3.84. The first-order valence-corrected chi connectivity index (χ1v) is 9.76. The second kappa shape index (κ2) is 7.60. The van der Waals surface area contributed by atoms with E-state index in [1.54, 1.807) is 18.2 Å². The fraction of sp³-hybridized carbons (Fsp3) is 0.0909. The molecule has 0 aliphatic heterocycles. The topological polar surface area (TPSA) is 70.9 Å². The van der Waals surface area contributed by atoms with Gasteiger partial charge in [-0.2, -0.15) is 0 Å². The van der Waals surface area contributed by atoms with Crippen molar-refractivity contribution in [1.82, 2.24) is 14.5 Å². The molecule has 0 spiro atoms. The number of carbonyl (C=O) groups is 1. The molecule has 0 atom stereocenters. The number of aliphatic carboxylic acids is 1. The van der Waals surface area contributed by atoms with Crippen LogP contribution in [0.25, 0.3) is 22.8 Å². The Bertz CT molecular complexity index is 1210. The van der Waals surface area contributed by atoms with E-state index >= 15 is 0 Å². The summed E-state index contributed by atoms with van der Waals surface area (Å²) >= 11 is 1.08. The summed E-state index contributed by atoms with van der Waals surface area (Å²) in [4.78, 5) is 19.6. The van der Waals surface area contributed by atoms with Crippen LogP contribution < -0.4 is 0 Å². The first-order chi connectivity index (χ1) is 13.9. The molecule has 0 saturated heterocycles. The van der Waals surface area contributed by atoms with E-state index < -0.39 is 5.97 Å². The molecular formula is C22H18FN3O2S. The van der Waals surface area contributed by atoms with Gasteiger partial charge in [-0.25, -0.2) is 14.2 Å². The number of imidazole rings is 1. The maximum atomic E-state index is 13.3. The van der Waals surface area contributed by atoms with Crippen molar-refractivity contribution in [3.8, 4) is 5.69 Å². The quantitative estimate of drug-likeness (QED) is 0.347. The molecule has 2 heterocycles. The van der Waals surface area contributed by atoms with E-state index in [9.17, 15) is 14.3 Å². The van der Waals surface area contributed by atoms with E-state index in [0.717, 1.165) is 45.4 Å². The standard InChI is InChI=1S/C22H18FN3O2S/c1-13-11-15(14(2)26(13)17-9-7-16(23)8-10-17)12-20(21(27)28)29-22-24-18-5-3-4-6-19(18)25-22/h3-12H,1-2H3,(H,24,25)(H,27,28)/b20-12-. The highest BCUT2D eigenvalue weighted by Crippen LogP contribution is 2.30. The summed E-state index contributed by atoms with van der Waals surface area (Å²) in [6.07, 6.45) is 1.64. The number of H-pyrrole nitrogens is 1. The third kappa shape index (κ3) is 3.82. The van der Waals surface area contributed by atoms with E-state index in [1.807, 2.05) is 48.7 Å². The van der Waals surface area contributed by atoms with Crippen LogP contribution >= 0.6 is 11.8 Å². The summed E-state index contributed by atoms with van der Waals surface area (Å²) in [6, 6.07) is 15.7. The van der Waals surface area contributed by atoms with Gasteiger partial charge in [-0.1, -0.05) is 12.1 Å². The maximum absolute atomic E-state index is 13.3. The lowest BCUT2D eigenvalue weighted by molar-refractivity contribution is -0.131. The number of nitrogens with one attached hydrogen (secondary N) is 1. The van der Waals surface area contributed by atoms with Crippen LogP contribution in [0.3, 0.4) is 0 Å². The molecule has 2 N–H and O–H groups in total. The Hall–Kier alpha value is -3.32. The molecule has 0 amide bonds. The van der Waals surface area contributed by atoms with Crippen molar-refractivity contribution in [2.75, 3.05) is 0 Å². The van der Waals surface area contributed by atoms with Gasteiger partial charge >= 0.3 is 5.97 Å². The zero-order valence-electron chi connectivity index (χ0n) is 15.8. The van der Waals surface area contributed by atoms with Gasteiger partial charge in [0.2, 0.25) is 0 Å². The molecule has 0 bridgehead atoms. The number of benzene rings is 2. The minimum Gasteiger partial charge on any atom is -0.477 e. The highest BCUT2D eigenvalue weighted by molar-refractivity contribution is 8.04. The number of nitrogens with zero attached hydrogens (tertiary/aromatic N) is 2. The maximum Gasteiger partial charge on any atom is 0.342 e. The van der Waals surface area contributed by atoms with Crippen molar-refractivity contribution in [3.05, 3.63) is 82.3 Å². The van der Waals surface area contributed by atoms with Crippen molar-refractivity contribution in [2.45, 2.75) is 19.0 Å². The molecule has 2 aromatic heterocycles. The van der Waals surface area contributed by atoms with Gasteiger partial charge in [-0.3, -0.25) is 0 Å². The number of hydrogen-bond acceptors (Lipinski definition) is 3. The monoisotopic (exact) mass is 407 g/mol. The Morgan fingerprint density at radius 3 is 2.59 bits per heavy atom. The predicted molar refractivity (Wildman–Crippen MR) is 113 cm³/mol. The van der Waals surface area contributed by atoms with E-state index in [2.05, 4.69) is 9.97 Å². The van der Waals surface area contributed by atoms with Crippen molar-refractivity contribution in [3.63, 3.8) is 0 Å². The molecule has 4 aromatic rings. The number of carboxylic acids is 1. The molecule has 29 heavy (non-hydrogen) atoms. The van der Waals surface area contributed by atoms with Gasteiger partial charge in [0.1, 0.15) is 10.7 Å². The largest absolute Gasteiger partial charge is 0.477 e. The fourth-order valence-corrected chi connectivity index (χ4v) is 4.07. The molecule has 0 unspecified atom stereocenters. The molecule has 0 radical (unpaired) electrons. The van der Waals surface area contributed by atoms with Gasteiger partial charge in [-0.05, 0) is 79.7 Å². The number of carboxylic acid groups (broad SMARTS) is 1. The van der Waals surface area contributed by atoms with Crippen molar-refractivity contribution in [2.24, 2.45) is 0 Å². The third-order valence-corrected chi connectivity index (χ3v) is 5.53. The Balaban J connectivity index is 1.71. The minimum absolute atomic E-state index is 0.156. The van der Waals surface area contributed by atoms with Gasteiger partial charge in [-0.15, -0.1) is 0 Å². The van der Waals surface area contributed by atoms with E-state index in [0.29, 0.717) is 5.16 Å². The average molecular weight is 407 g/mol. The SMILES string of the molecule is Cc1cc(/C=C(\Sc2nc3ccccc3[nH]2)C(=O)O)c(C)n1-c1ccc(F)cc1. The summed E-state index contributed by atoms with van der Waals surface area (Å²) in [7, 11) is 0. The van der Waals surface area contributed by atoms with Gasteiger partial charge in [0.15, 0.2) is 5.16 Å². The first kappa shape index (κ1) is 19.0. The van der Waals surface area contributed by atoms with Crippen molar-refractivity contribution >= 4 is 34.8 Å². The third-order valence-electron chi connectivity index (χ3n) is 4.63. The molecular weight excluding hydrogens is 389 g/mol. The molecule has 5 nitrogen and oxygen atoms in total. The summed E-state index contributed by atoms with van der Waals surface area (Å²) < 4.78 is 15.2. The second-order valence-electron chi connectivity index (χ2n) is 6.61. The first-order valence-electron chi connectivity index (χ1n) is 8.95. The lowest BCUT2D eigenvalue weighted by Gasteiger charge is -2.09. The summed E-state index contributed by atoms with van der Waals surface area (Å²) in [5.74, 6) is -1.33. The smallest absolute Gasteiger partial charge is 0.342 e. The van der Waals surface area contributed by atoms with Crippen LogP contribution in [-0.4, -0.2) is 25.6 Å². The number of hydrogen-bond donors (Lipinski definition) is 2. The highest BCUT2D eigenvalue weighted by Gasteiger charge is 2.16. The molecule has 7 heteroatoms. The van der Waals surface area contributed by atoms with E-state index in [1.165, 1.54) is 12.1 Å². The number of aromatic nitrogens is 3. The summed E-state index contributed by atoms with van der Waals surface area (Å²) in [5.41, 5.74) is 5.05. The lowest BCUT2D eigenvalue weighted by atomic mass is 10.2. The Labute approximate surface area is 170 Å².